The average molecular weight is 213 g/mol. The summed E-state index contributed by atoms with van der Waals surface area (Å²) in [5.74, 6) is 1.08. The standard InChI is InChI=1S/C10H19N3S/c1-2-3-4-5-11-8-9-14-10-12-6-7-13-10/h6-7,11H,2-5,8-9H2,1H3,(H,12,13). The summed E-state index contributed by atoms with van der Waals surface area (Å²) >= 11 is 1.76. The Kier molecular flexibility index (Phi) is 6.53. The molecule has 14 heavy (non-hydrogen) atoms. The van der Waals surface area contributed by atoms with Crippen LogP contribution in [0.5, 0.6) is 0 Å². The van der Waals surface area contributed by atoms with E-state index in [1.165, 1.54) is 19.3 Å². The summed E-state index contributed by atoms with van der Waals surface area (Å²) < 4.78 is 0. The van der Waals surface area contributed by atoms with Gasteiger partial charge in [-0.15, -0.1) is 0 Å². The van der Waals surface area contributed by atoms with Crippen molar-refractivity contribution in [1.29, 1.82) is 0 Å². The molecule has 0 spiro atoms. The Labute approximate surface area is 90.1 Å². The monoisotopic (exact) mass is 213 g/mol. The van der Waals surface area contributed by atoms with Crippen LogP contribution in [0, 0.1) is 0 Å². The number of hydrogen-bond donors (Lipinski definition) is 2. The first-order valence-electron chi connectivity index (χ1n) is 5.26. The number of nitrogens with one attached hydrogen (secondary N) is 2. The van der Waals surface area contributed by atoms with E-state index in [1.807, 2.05) is 6.20 Å². The number of thioether (sulfide) groups is 1. The van der Waals surface area contributed by atoms with Gasteiger partial charge in [-0.3, -0.25) is 0 Å². The van der Waals surface area contributed by atoms with Crippen LogP contribution in [-0.4, -0.2) is 28.8 Å². The third-order valence-corrected chi connectivity index (χ3v) is 2.85. The van der Waals surface area contributed by atoms with Crippen molar-refractivity contribution < 1.29 is 0 Å². The van der Waals surface area contributed by atoms with Crippen molar-refractivity contribution in [2.75, 3.05) is 18.8 Å². The van der Waals surface area contributed by atoms with Gasteiger partial charge in [0.25, 0.3) is 0 Å². The Balaban J connectivity index is 1.85. The Morgan fingerprint density at radius 1 is 1.43 bits per heavy atom. The second-order valence-corrected chi connectivity index (χ2v) is 4.28. The van der Waals surface area contributed by atoms with Crippen LogP contribution in [0.4, 0.5) is 0 Å². The molecular weight excluding hydrogens is 194 g/mol. The predicted octanol–water partition coefficient (Wildman–Crippen LogP) is 2.28. The van der Waals surface area contributed by atoms with Gasteiger partial charge in [-0.2, -0.15) is 0 Å². The molecule has 2 N–H and O–H groups in total. The molecule has 80 valence electrons. The number of aromatic nitrogens is 2. The van der Waals surface area contributed by atoms with Gasteiger partial charge in [0.15, 0.2) is 5.16 Å². The predicted molar refractivity (Wildman–Crippen MR) is 61.7 cm³/mol. The van der Waals surface area contributed by atoms with E-state index in [9.17, 15) is 0 Å². The highest BCUT2D eigenvalue weighted by atomic mass is 32.2. The van der Waals surface area contributed by atoms with Crippen molar-refractivity contribution in [3.63, 3.8) is 0 Å². The van der Waals surface area contributed by atoms with Crippen molar-refractivity contribution in [2.24, 2.45) is 0 Å². The molecule has 0 fully saturated rings. The minimum absolute atomic E-state index is 1.01. The van der Waals surface area contributed by atoms with E-state index in [0.29, 0.717) is 0 Å². The second-order valence-electron chi connectivity index (χ2n) is 3.20. The quantitative estimate of drug-likeness (QED) is 0.514. The van der Waals surface area contributed by atoms with E-state index in [-0.39, 0.29) is 0 Å². The third-order valence-electron chi connectivity index (χ3n) is 1.95. The van der Waals surface area contributed by atoms with Crippen molar-refractivity contribution in [3.8, 4) is 0 Å². The average Bonchev–Trinajstić information content (AvgIpc) is 2.69. The van der Waals surface area contributed by atoms with E-state index in [2.05, 4.69) is 22.2 Å². The summed E-state index contributed by atoms with van der Waals surface area (Å²) in [7, 11) is 0. The minimum Gasteiger partial charge on any atom is -0.340 e. The van der Waals surface area contributed by atoms with Crippen LogP contribution in [-0.2, 0) is 0 Å². The van der Waals surface area contributed by atoms with E-state index in [4.69, 9.17) is 0 Å². The molecule has 0 saturated carbocycles. The Morgan fingerprint density at radius 3 is 3.07 bits per heavy atom. The van der Waals surface area contributed by atoms with Crippen LogP contribution in [0.25, 0.3) is 0 Å². The Bertz CT molecular complexity index is 211. The molecule has 0 aliphatic rings. The van der Waals surface area contributed by atoms with E-state index in [1.54, 1.807) is 18.0 Å². The number of unbranched alkanes of at least 4 members (excludes halogenated alkanes) is 2. The van der Waals surface area contributed by atoms with Crippen LogP contribution in [0.1, 0.15) is 26.2 Å². The molecule has 0 unspecified atom stereocenters. The van der Waals surface area contributed by atoms with E-state index < -0.39 is 0 Å². The first-order chi connectivity index (χ1) is 6.93. The van der Waals surface area contributed by atoms with E-state index in [0.717, 1.165) is 24.0 Å². The zero-order valence-corrected chi connectivity index (χ0v) is 9.57. The second kappa shape index (κ2) is 7.88. The molecule has 0 aliphatic heterocycles. The number of aromatic amines is 1. The van der Waals surface area contributed by atoms with Gasteiger partial charge in [-0.1, -0.05) is 31.5 Å². The number of rotatable bonds is 8. The van der Waals surface area contributed by atoms with Crippen molar-refractivity contribution in [2.45, 2.75) is 31.3 Å². The van der Waals surface area contributed by atoms with Gasteiger partial charge in [-0.25, -0.2) is 4.98 Å². The minimum atomic E-state index is 1.01. The van der Waals surface area contributed by atoms with Crippen molar-refractivity contribution in [1.82, 2.24) is 15.3 Å². The molecule has 0 amide bonds. The van der Waals surface area contributed by atoms with Gasteiger partial charge in [0.05, 0.1) is 0 Å². The summed E-state index contributed by atoms with van der Waals surface area (Å²) in [6.07, 6.45) is 7.57. The first-order valence-corrected chi connectivity index (χ1v) is 6.25. The summed E-state index contributed by atoms with van der Waals surface area (Å²) in [6.45, 7) is 4.44. The molecule has 0 radical (unpaired) electrons. The number of hydrogen-bond acceptors (Lipinski definition) is 3. The van der Waals surface area contributed by atoms with Crippen molar-refractivity contribution >= 4 is 11.8 Å². The molecule has 4 heteroatoms. The molecule has 3 nitrogen and oxygen atoms in total. The smallest absolute Gasteiger partial charge is 0.165 e. The molecule has 1 aromatic heterocycles. The lowest BCUT2D eigenvalue weighted by Gasteiger charge is -2.02. The third kappa shape index (κ3) is 5.29. The molecule has 0 aliphatic carbocycles. The lowest BCUT2D eigenvalue weighted by Crippen LogP contribution is -2.18. The molecular formula is C10H19N3S. The van der Waals surface area contributed by atoms with Gasteiger partial charge < -0.3 is 10.3 Å². The van der Waals surface area contributed by atoms with Gasteiger partial charge >= 0.3 is 0 Å². The zero-order valence-electron chi connectivity index (χ0n) is 8.75. The highest BCUT2D eigenvalue weighted by molar-refractivity contribution is 7.99. The lowest BCUT2D eigenvalue weighted by atomic mass is 10.2. The summed E-state index contributed by atoms with van der Waals surface area (Å²) in [4.78, 5) is 7.22. The molecule has 0 aromatic carbocycles. The highest BCUT2D eigenvalue weighted by Gasteiger charge is 1.94. The summed E-state index contributed by atoms with van der Waals surface area (Å²) in [5.41, 5.74) is 0. The van der Waals surface area contributed by atoms with Crippen LogP contribution in [0.3, 0.4) is 0 Å². The van der Waals surface area contributed by atoms with E-state index >= 15 is 0 Å². The Hall–Kier alpha value is -0.480. The molecule has 0 atom stereocenters. The highest BCUT2D eigenvalue weighted by Crippen LogP contribution is 2.09. The van der Waals surface area contributed by atoms with Crippen LogP contribution < -0.4 is 5.32 Å². The maximum atomic E-state index is 4.14. The fourth-order valence-electron chi connectivity index (χ4n) is 1.17. The Morgan fingerprint density at radius 2 is 2.36 bits per heavy atom. The largest absolute Gasteiger partial charge is 0.340 e. The number of imidazole rings is 1. The van der Waals surface area contributed by atoms with Crippen LogP contribution in [0.15, 0.2) is 17.6 Å². The molecule has 0 bridgehead atoms. The normalized spacial score (nSPS) is 10.6. The fourth-order valence-corrected chi connectivity index (χ4v) is 1.90. The lowest BCUT2D eigenvalue weighted by molar-refractivity contribution is 0.635. The summed E-state index contributed by atoms with van der Waals surface area (Å²) in [6, 6.07) is 0. The van der Waals surface area contributed by atoms with Gasteiger partial charge in [0.1, 0.15) is 0 Å². The first kappa shape index (κ1) is 11.6. The SMILES string of the molecule is CCCCCNCCSc1ncc[nH]1. The van der Waals surface area contributed by atoms with Crippen LogP contribution >= 0.6 is 11.8 Å². The molecule has 1 aromatic rings. The number of H-pyrrole nitrogens is 1. The molecule has 1 rings (SSSR count). The number of nitrogens with zero attached hydrogens (tertiary/aromatic N) is 1. The van der Waals surface area contributed by atoms with Gasteiger partial charge in [0.2, 0.25) is 0 Å². The molecule has 0 saturated heterocycles. The van der Waals surface area contributed by atoms with Gasteiger partial charge in [-0.05, 0) is 13.0 Å². The maximum absolute atomic E-state index is 4.14. The summed E-state index contributed by atoms with van der Waals surface area (Å²) in [5, 5.41) is 4.43. The topological polar surface area (TPSA) is 40.7 Å². The van der Waals surface area contributed by atoms with Gasteiger partial charge in [0, 0.05) is 24.7 Å². The van der Waals surface area contributed by atoms with Crippen LogP contribution in [0.2, 0.25) is 0 Å². The molecule has 1 heterocycles. The van der Waals surface area contributed by atoms with Crippen molar-refractivity contribution in [3.05, 3.63) is 12.4 Å². The fraction of sp³-hybridized carbons (Fsp3) is 0.700. The zero-order chi connectivity index (χ0) is 10.1. The maximum Gasteiger partial charge on any atom is 0.165 e.